The molecule has 8 nitrogen and oxygen atoms in total. The van der Waals surface area contributed by atoms with E-state index in [1.807, 2.05) is 30.3 Å². The molecule has 0 bridgehead atoms. The smallest absolute Gasteiger partial charge is 0.329 e. The Morgan fingerprint density at radius 3 is 2.38 bits per heavy atom. The minimum absolute atomic E-state index is 0.0649. The Labute approximate surface area is 140 Å². The minimum atomic E-state index is -1.17. The van der Waals surface area contributed by atoms with Crippen molar-refractivity contribution in [1.82, 2.24) is 10.6 Å². The number of hydrogen-bond donors (Lipinski definition) is 3. The number of esters is 1. The molecule has 0 aliphatic heterocycles. The van der Waals surface area contributed by atoms with Crippen molar-refractivity contribution in [3.63, 3.8) is 0 Å². The van der Waals surface area contributed by atoms with Crippen LogP contribution in [-0.2, 0) is 25.5 Å². The molecule has 24 heavy (non-hydrogen) atoms. The Kier molecular flexibility index (Phi) is 8.28. The highest BCUT2D eigenvalue weighted by molar-refractivity contribution is 5.86. The molecular weight excluding hydrogens is 316 g/mol. The van der Waals surface area contributed by atoms with Crippen LogP contribution in [-0.4, -0.2) is 55.5 Å². The molecule has 0 heterocycles. The lowest BCUT2D eigenvalue weighted by atomic mass is 10.1. The maximum absolute atomic E-state index is 12.1. The second-order valence-corrected chi connectivity index (χ2v) is 5.08. The van der Waals surface area contributed by atoms with Crippen LogP contribution in [0, 0.1) is 0 Å². The molecule has 0 aliphatic rings. The number of rotatable bonds is 9. The van der Waals surface area contributed by atoms with Gasteiger partial charge in [-0.1, -0.05) is 30.3 Å². The predicted molar refractivity (Wildman–Crippen MR) is 85.5 cm³/mol. The van der Waals surface area contributed by atoms with Crippen LogP contribution in [0.1, 0.15) is 12.5 Å². The zero-order valence-corrected chi connectivity index (χ0v) is 13.7. The van der Waals surface area contributed by atoms with Crippen LogP contribution in [0.4, 0.5) is 4.79 Å². The fourth-order valence-electron chi connectivity index (χ4n) is 1.83. The van der Waals surface area contributed by atoms with Gasteiger partial charge in [-0.25, -0.2) is 9.59 Å². The zero-order valence-electron chi connectivity index (χ0n) is 13.7. The Hall–Kier alpha value is -2.61. The third kappa shape index (κ3) is 7.10. The topological polar surface area (TPSA) is 114 Å². The molecule has 0 fully saturated rings. The summed E-state index contributed by atoms with van der Waals surface area (Å²) in [7, 11) is 1.48. The predicted octanol–water partition coefficient (Wildman–Crippen LogP) is 0.560. The third-order valence-electron chi connectivity index (χ3n) is 3.12. The Morgan fingerprint density at radius 2 is 1.79 bits per heavy atom. The van der Waals surface area contributed by atoms with Crippen molar-refractivity contribution in [1.29, 1.82) is 0 Å². The largest absolute Gasteiger partial charge is 0.480 e. The van der Waals surface area contributed by atoms with Crippen molar-refractivity contribution in [2.75, 3.05) is 20.3 Å². The number of ether oxygens (including phenoxy) is 2. The van der Waals surface area contributed by atoms with Gasteiger partial charge in [0, 0.05) is 13.5 Å². The van der Waals surface area contributed by atoms with Crippen molar-refractivity contribution in [2.45, 2.75) is 25.4 Å². The number of carboxylic acid groups (broad SMARTS) is 1. The third-order valence-corrected chi connectivity index (χ3v) is 3.12. The number of carbonyl (C=O) groups is 3. The normalized spacial score (nSPS) is 12.8. The monoisotopic (exact) mass is 338 g/mol. The average Bonchev–Trinajstić information content (AvgIpc) is 2.55. The Bertz CT molecular complexity index is 549. The number of benzene rings is 1. The maximum atomic E-state index is 12.1. The number of carbonyl (C=O) groups excluding carboxylic acids is 2. The van der Waals surface area contributed by atoms with Crippen LogP contribution in [0.5, 0.6) is 0 Å². The molecule has 0 radical (unpaired) electrons. The first-order chi connectivity index (χ1) is 11.4. The molecule has 3 N–H and O–H groups in total. The molecule has 0 aliphatic carbocycles. The maximum Gasteiger partial charge on any atom is 0.329 e. The summed E-state index contributed by atoms with van der Waals surface area (Å²) in [6.45, 7) is 1.63. The number of urea groups is 1. The van der Waals surface area contributed by atoms with Crippen LogP contribution in [0.25, 0.3) is 0 Å². The van der Waals surface area contributed by atoms with Gasteiger partial charge < -0.3 is 25.2 Å². The van der Waals surface area contributed by atoms with Crippen molar-refractivity contribution >= 4 is 18.0 Å². The lowest BCUT2D eigenvalue weighted by Crippen LogP contribution is -2.51. The van der Waals surface area contributed by atoms with E-state index < -0.39 is 30.1 Å². The van der Waals surface area contributed by atoms with Gasteiger partial charge in [0.05, 0.1) is 6.61 Å². The summed E-state index contributed by atoms with van der Waals surface area (Å²) in [6.07, 6.45) is 0.224. The zero-order chi connectivity index (χ0) is 17.9. The molecule has 2 atom stereocenters. The SMILES string of the molecule is COCCOC(=O)[C@@H](Cc1ccccc1)NC(=O)N[C@H](C)C(=O)O. The van der Waals surface area contributed by atoms with Crippen molar-refractivity contribution in [3.05, 3.63) is 35.9 Å². The molecule has 1 aromatic rings. The van der Waals surface area contributed by atoms with Gasteiger partial charge in [0.25, 0.3) is 0 Å². The molecule has 1 aromatic carbocycles. The molecule has 1 rings (SSSR count). The van der Waals surface area contributed by atoms with E-state index in [9.17, 15) is 14.4 Å². The Morgan fingerprint density at radius 1 is 1.12 bits per heavy atom. The minimum Gasteiger partial charge on any atom is -0.480 e. The van der Waals surface area contributed by atoms with Crippen molar-refractivity contribution in [3.8, 4) is 0 Å². The molecule has 0 aromatic heterocycles. The van der Waals surface area contributed by atoms with E-state index >= 15 is 0 Å². The molecule has 0 saturated heterocycles. The van der Waals surface area contributed by atoms with Crippen LogP contribution < -0.4 is 10.6 Å². The van der Waals surface area contributed by atoms with Crippen LogP contribution in [0.2, 0.25) is 0 Å². The van der Waals surface area contributed by atoms with E-state index in [-0.39, 0.29) is 19.6 Å². The number of aliphatic carboxylic acids is 1. The van der Waals surface area contributed by atoms with Gasteiger partial charge in [-0.3, -0.25) is 4.79 Å². The highest BCUT2D eigenvalue weighted by Crippen LogP contribution is 2.05. The second kappa shape index (κ2) is 10.2. The fraction of sp³-hybridized carbons (Fsp3) is 0.438. The summed E-state index contributed by atoms with van der Waals surface area (Å²) in [5.74, 6) is -1.79. The van der Waals surface area contributed by atoms with Crippen LogP contribution in [0.3, 0.4) is 0 Å². The van der Waals surface area contributed by atoms with Crippen LogP contribution >= 0.6 is 0 Å². The number of methoxy groups -OCH3 is 1. The average molecular weight is 338 g/mol. The summed E-state index contributed by atoms with van der Waals surface area (Å²) in [6, 6.07) is 6.32. The highest BCUT2D eigenvalue weighted by atomic mass is 16.6. The van der Waals surface area contributed by atoms with E-state index in [2.05, 4.69) is 10.6 Å². The number of carboxylic acids is 1. The number of amides is 2. The van der Waals surface area contributed by atoms with Gasteiger partial charge in [-0.05, 0) is 12.5 Å². The van der Waals surface area contributed by atoms with E-state index in [1.165, 1.54) is 14.0 Å². The molecule has 8 heteroatoms. The lowest BCUT2D eigenvalue weighted by Gasteiger charge is -2.19. The molecule has 2 amide bonds. The van der Waals surface area contributed by atoms with Gasteiger partial charge in [0.15, 0.2) is 0 Å². The quantitative estimate of drug-likeness (QED) is 0.448. The van der Waals surface area contributed by atoms with Gasteiger partial charge in [-0.15, -0.1) is 0 Å². The van der Waals surface area contributed by atoms with Crippen molar-refractivity contribution < 1.29 is 29.0 Å². The number of hydrogen-bond acceptors (Lipinski definition) is 5. The van der Waals surface area contributed by atoms with Gasteiger partial charge in [-0.2, -0.15) is 0 Å². The summed E-state index contributed by atoms with van der Waals surface area (Å²) in [4.78, 5) is 34.8. The first kappa shape index (κ1) is 19.4. The first-order valence-electron chi connectivity index (χ1n) is 7.43. The van der Waals surface area contributed by atoms with E-state index in [0.717, 1.165) is 5.56 Å². The fourth-order valence-corrected chi connectivity index (χ4v) is 1.83. The van der Waals surface area contributed by atoms with E-state index in [0.29, 0.717) is 0 Å². The molecular formula is C16H22N2O6. The van der Waals surface area contributed by atoms with Crippen LogP contribution in [0.15, 0.2) is 30.3 Å². The summed E-state index contributed by atoms with van der Waals surface area (Å²) in [5.41, 5.74) is 0.831. The summed E-state index contributed by atoms with van der Waals surface area (Å²) < 4.78 is 9.86. The second-order valence-electron chi connectivity index (χ2n) is 5.08. The molecule has 0 unspecified atom stereocenters. The van der Waals surface area contributed by atoms with E-state index in [4.69, 9.17) is 14.6 Å². The Balaban J connectivity index is 2.70. The summed E-state index contributed by atoms with van der Waals surface area (Å²) >= 11 is 0. The first-order valence-corrected chi connectivity index (χ1v) is 7.43. The highest BCUT2D eigenvalue weighted by Gasteiger charge is 2.24. The standard InChI is InChI=1S/C16H22N2O6/c1-11(14(19)20)17-16(22)18-13(15(21)24-9-8-23-2)10-12-6-4-3-5-7-12/h3-7,11,13H,8-10H2,1-2H3,(H,19,20)(H2,17,18,22)/t11-,13-/m1/s1. The van der Waals surface area contributed by atoms with E-state index in [1.54, 1.807) is 0 Å². The molecule has 0 spiro atoms. The lowest BCUT2D eigenvalue weighted by molar-refractivity contribution is -0.147. The summed E-state index contributed by atoms with van der Waals surface area (Å²) in [5, 5.41) is 13.5. The van der Waals surface area contributed by atoms with Gasteiger partial charge >= 0.3 is 18.0 Å². The van der Waals surface area contributed by atoms with Crippen molar-refractivity contribution in [2.24, 2.45) is 0 Å². The van der Waals surface area contributed by atoms with Gasteiger partial charge in [0.2, 0.25) is 0 Å². The molecule has 0 saturated carbocycles. The van der Waals surface area contributed by atoms with Gasteiger partial charge in [0.1, 0.15) is 18.7 Å². The molecule has 132 valence electrons. The number of nitrogens with one attached hydrogen (secondary N) is 2.